The Morgan fingerprint density at radius 2 is 2.03 bits per heavy atom. The summed E-state index contributed by atoms with van der Waals surface area (Å²) in [5.41, 5.74) is 2.16. The molecule has 1 atom stereocenters. The first-order chi connectivity index (χ1) is 14.9. The van der Waals surface area contributed by atoms with Crippen LogP contribution < -0.4 is 10.6 Å². The van der Waals surface area contributed by atoms with E-state index in [4.69, 9.17) is 16.6 Å². The molecule has 0 aliphatic heterocycles. The second kappa shape index (κ2) is 8.57. The SMILES string of the molecule is CC(NC(=S)Nc1ccc(F)cc1)c1nc2cc(C(=O)O)ccc2n1Cc1ccco1. The van der Waals surface area contributed by atoms with E-state index in [0.717, 1.165) is 11.3 Å². The molecule has 4 aromatic rings. The maximum absolute atomic E-state index is 13.1. The number of aromatic carboxylic acids is 1. The predicted octanol–water partition coefficient (Wildman–Crippen LogP) is 4.56. The summed E-state index contributed by atoms with van der Waals surface area (Å²) < 4.78 is 20.6. The number of anilines is 1. The molecule has 0 bridgehead atoms. The minimum Gasteiger partial charge on any atom is -0.478 e. The zero-order valence-corrected chi connectivity index (χ0v) is 17.3. The minimum atomic E-state index is -1.01. The van der Waals surface area contributed by atoms with Gasteiger partial charge in [0.15, 0.2) is 5.11 Å². The molecule has 0 amide bonds. The Kier molecular flexibility index (Phi) is 5.68. The van der Waals surface area contributed by atoms with E-state index >= 15 is 0 Å². The average Bonchev–Trinajstić information content (AvgIpc) is 3.37. The Bertz CT molecular complexity index is 1240. The minimum absolute atomic E-state index is 0.163. The van der Waals surface area contributed by atoms with Gasteiger partial charge in [-0.05, 0) is 73.7 Å². The number of imidazole rings is 1. The number of halogens is 1. The maximum Gasteiger partial charge on any atom is 0.335 e. The van der Waals surface area contributed by atoms with E-state index < -0.39 is 5.97 Å². The Morgan fingerprint density at radius 1 is 1.26 bits per heavy atom. The lowest BCUT2D eigenvalue weighted by Gasteiger charge is -2.18. The molecule has 0 aliphatic rings. The largest absolute Gasteiger partial charge is 0.478 e. The van der Waals surface area contributed by atoms with Crippen LogP contribution in [0.15, 0.2) is 65.3 Å². The van der Waals surface area contributed by atoms with Gasteiger partial charge in [0.05, 0.1) is 35.4 Å². The van der Waals surface area contributed by atoms with E-state index in [-0.39, 0.29) is 17.4 Å². The average molecular weight is 438 g/mol. The number of carbonyl (C=O) groups is 1. The normalized spacial score (nSPS) is 11.9. The van der Waals surface area contributed by atoms with Gasteiger partial charge < -0.3 is 24.7 Å². The molecule has 9 heteroatoms. The van der Waals surface area contributed by atoms with Gasteiger partial charge in [-0.15, -0.1) is 0 Å². The van der Waals surface area contributed by atoms with E-state index in [1.807, 2.05) is 17.6 Å². The summed E-state index contributed by atoms with van der Waals surface area (Å²) in [7, 11) is 0. The number of carboxylic acids is 1. The zero-order valence-electron chi connectivity index (χ0n) is 16.5. The summed E-state index contributed by atoms with van der Waals surface area (Å²) in [6, 6.07) is 14.1. The zero-order chi connectivity index (χ0) is 22.0. The Labute approximate surface area is 182 Å². The standard InChI is InChI=1S/C22H19FN4O3S/c1-13(24-22(31)25-16-7-5-15(23)6-8-16)20-26-18-11-14(21(28)29)4-9-19(18)27(20)12-17-3-2-10-30-17/h2-11,13H,12H2,1H3,(H,28,29)(H2,24,25,31). The molecule has 158 valence electrons. The fraction of sp³-hybridized carbons (Fsp3) is 0.136. The van der Waals surface area contributed by atoms with Crippen molar-refractivity contribution in [1.29, 1.82) is 0 Å². The molecule has 0 saturated carbocycles. The molecular weight excluding hydrogens is 419 g/mol. The number of hydrogen-bond acceptors (Lipinski definition) is 4. The smallest absolute Gasteiger partial charge is 0.335 e. The van der Waals surface area contributed by atoms with E-state index in [2.05, 4.69) is 15.6 Å². The van der Waals surface area contributed by atoms with Crippen LogP contribution in [0.25, 0.3) is 11.0 Å². The first-order valence-corrected chi connectivity index (χ1v) is 9.90. The van der Waals surface area contributed by atoms with E-state index in [0.29, 0.717) is 28.7 Å². The summed E-state index contributed by atoms with van der Waals surface area (Å²) in [6.07, 6.45) is 1.60. The number of fused-ring (bicyclic) bond motifs is 1. The maximum atomic E-state index is 13.1. The second-order valence-electron chi connectivity index (χ2n) is 6.97. The van der Waals surface area contributed by atoms with Crippen molar-refractivity contribution in [3.05, 3.63) is 83.8 Å². The Hall–Kier alpha value is -3.72. The summed E-state index contributed by atoms with van der Waals surface area (Å²) in [5.74, 6) is 0.0596. The quantitative estimate of drug-likeness (QED) is 0.380. The Morgan fingerprint density at radius 3 is 2.71 bits per heavy atom. The van der Waals surface area contributed by atoms with Gasteiger partial charge in [0.2, 0.25) is 0 Å². The molecule has 3 N–H and O–H groups in total. The van der Waals surface area contributed by atoms with Crippen LogP contribution in [0.4, 0.5) is 10.1 Å². The van der Waals surface area contributed by atoms with E-state index in [1.165, 1.54) is 12.1 Å². The van der Waals surface area contributed by atoms with Gasteiger partial charge in [0, 0.05) is 5.69 Å². The monoisotopic (exact) mass is 438 g/mol. The van der Waals surface area contributed by atoms with E-state index in [1.54, 1.807) is 42.7 Å². The van der Waals surface area contributed by atoms with Gasteiger partial charge in [-0.3, -0.25) is 0 Å². The van der Waals surface area contributed by atoms with Crippen molar-refractivity contribution in [2.75, 3.05) is 5.32 Å². The van der Waals surface area contributed by atoms with Crippen molar-refractivity contribution < 1.29 is 18.7 Å². The Balaban J connectivity index is 1.63. The van der Waals surface area contributed by atoms with Crippen molar-refractivity contribution in [1.82, 2.24) is 14.9 Å². The molecule has 1 unspecified atom stereocenters. The van der Waals surface area contributed by atoms with Crippen LogP contribution in [0.1, 0.15) is 34.9 Å². The summed E-state index contributed by atoms with van der Waals surface area (Å²) >= 11 is 5.39. The molecule has 0 aliphatic carbocycles. The van der Waals surface area contributed by atoms with Gasteiger partial charge in [0.25, 0.3) is 0 Å². The lowest BCUT2D eigenvalue weighted by molar-refractivity contribution is 0.0697. The van der Waals surface area contributed by atoms with Crippen LogP contribution in [0.5, 0.6) is 0 Å². The topological polar surface area (TPSA) is 92.3 Å². The lowest BCUT2D eigenvalue weighted by atomic mass is 10.2. The van der Waals surface area contributed by atoms with Crippen molar-refractivity contribution >= 4 is 40.0 Å². The van der Waals surface area contributed by atoms with Gasteiger partial charge in [0.1, 0.15) is 17.4 Å². The molecular formula is C22H19FN4O3S. The van der Waals surface area contributed by atoms with Gasteiger partial charge in [-0.2, -0.15) is 0 Å². The molecule has 0 fully saturated rings. The predicted molar refractivity (Wildman–Crippen MR) is 119 cm³/mol. The third-order valence-corrected chi connectivity index (χ3v) is 4.98. The molecule has 2 aromatic heterocycles. The number of nitrogens with one attached hydrogen (secondary N) is 2. The number of furan rings is 1. The van der Waals surface area contributed by atoms with Crippen LogP contribution in [-0.4, -0.2) is 25.7 Å². The third-order valence-electron chi connectivity index (χ3n) is 4.76. The van der Waals surface area contributed by atoms with Crippen molar-refractivity contribution in [2.24, 2.45) is 0 Å². The summed E-state index contributed by atoms with van der Waals surface area (Å²) in [6.45, 7) is 2.33. The van der Waals surface area contributed by atoms with Gasteiger partial charge in [-0.25, -0.2) is 14.2 Å². The number of nitrogens with zero attached hydrogens (tertiary/aromatic N) is 2. The molecule has 7 nitrogen and oxygen atoms in total. The summed E-state index contributed by atoms with van der Waals surface area (Å²) in [5, 5.41) is 15.8. The van der Waals surface area contributed by atoms with Crippen LogP contribution in [0.3, 0.4) is 0 Å². The molecule has 0 spiro atoms. The number of benzene rings is 2. The highest BCUT2D eigenvalue weighted by atomic mass is 32.1. The van der Waals surface area contributed by atoms with Crippen molar-refractivity contribution in [3.8, 4) is 0 Å². The molecule has 4 rings (SSSR count). The number of aromatic nitrogens is 2. The number of hydrogen-bond donors (Lipinski definition) is 3. The van der Waals surface area contributed by atoms with Crippen LogP contribution in [-0.2, 0) is 6.54 Å². The first-order valence-electron chi connectivity index (χ1n) is 9.49. The molecule has 2 heterocycles. The number of thiocarbonyl (C=S) groups is 1. The fourth-order valence-corrected chi connectivity index (χ4v) is 3.59. The van der Waals surface area contributed by atoms with Crippen LogP contribution in [0.2, 0.25) is 0 Å². The van der Waals surface area contributed by atoms with E-state index in [9.17, 15) is 14.3 Å². The van der Waals surface area contributed by atoms with Gasteiger partial charge in [-0.1, -0.05) is 0 Å². The number of rotatable bonds is 6. The van der Waals surface area contributed by atoms with Crippen molar-refractivity contribution in [2.45, 2.75) is 19.5 Å². The third kappa shape index (κ3) is 4.56. The van der Waals surface area contributed by atoms with Crippen molar-refractivity contribution in [3.63, 3.8) is 0 Å². The molecule has 31 heavy (non-hydrogen) atoms. The molecule has 0 radical (unpaired) electrons. The summed E-state index contributed by atoms with van der Waals surface area (Å²) in [4.78, 5) is 16.0. The van der Waals surface area contributed by atoms with Crippen LogP contribution in [0, 0.1) is 5.82 Å². The highest BCUT2D eigenvalue weighted by molar-refractivity contribution is 7.80. The highest BCUT2D eigenvalue weighted by Gasteiger charge is 2.19. The molecule has 0 saturated heterocycles. The second-order valence-corrected chi connectivity index (χ2v) is 7.38. The lowest BCUT2D eigenvalue weighted by Crippen LogP contribution is -2.32. The fourth-order valence-electron chi connectivity index (χ4n) is 3.30. The molecule has 2 aromatic carbocycles. The first kappa shape index (κ1) is 20.5. The highest BCUT2D eigenvalue weighted by Crippen LogP contribution is 2.24. The van der Waals surface area contributed by atoms with Crippen LogP contribution >= 0.6 is 12.2 Å². The van der Waals surface area contributed by atoms with Gasteiger partial charge >= 0.3 is 5.97 Å². The number of carboxylic acid groups (broad SMARTS) is 1.